The fourth-order valence-corrected chi connectivity index (χ4v) is 3.26. The van der Waals surface area contributed by atoms with Gasteiger partial charge in [0.2, 0.25) is 0 Å². The Labute approximate surface area is 132 Å². The molecule has 0 radical (unpaired) electrons. The third kappa shape index (κ3) is 3.30. The number of hydrogen-bond donors (Lipinski definition) is 2. The van der Waals surface area contributed by atoms with Crippen molar-refractivity contribution in [2.24, 2.45) is 0 Å². The first kappa shape index (κ1) is 14.6. The molecule has 0 bridgehead atoms. The Morgan fingerprint density at radius 3 is 2.95 bits per heavy atom. The largest absolute Gasteiger partial charge is 0.459 e. The average Bonchev–Trinajstić information content (AvgIpc) is 3.20. The zero-order valence-electron chi connectivity index (χ0n) is 12.0. The molecular formula is C15H17N3O3S. The van der Waals surface area contributed by atoms with Gasteiger partial charge in [-0.05, 0) is 35.6 Å². The highest BCUT2D eigenvalue weighted by atomic mass is 32.1. The van der Waals surface area contributed by atoms with Crippen LogP contribution in [0.5, 0.6) is 0 Å². The van der Waals surface area contributed by atoms with Crippen molar-refractivity contribution in [1.29, 1.82) is 0 Å². The number of carbonyl (C=O) groups excluding carboxylic acids is 2. The highest BCUT2D eigenvalue weighted by molar-refractivity contribution is 7.10. The molecule has 2 aromatic rings. The van der Waals surface area contributed by atoms with Crippen molar-refractivity contribution >= 4 is 23.3 Å². The van der Waals surface area contributed by atoms with E-state index in [0.717, 1.165) is 13.0 Å². The number of furan rings is 1. The quantitative estimate of drug-likeness (QED) is 0.845. The minimum absolute atomic E-state index is 0.0934. The summed E-state index contributed by atoms with van der Waals surface area (Å²) in [4.78, 5) is 26.9. The molecule has 1 aliphatic rings. The molecule has 3 amide bonds. The highest BCUT2D eigenvalue weighted by Crippen LogP contribution is 2.23. The maximum absolute atomic E-state index is 12.1. The van der Waals surface area contributed by atoms with Crippen molar-refractivity contribution in [2.45, 2.75) is 13.0 Å². The van der Waals surface area contributed by atoms with Crippen molar-refractivity contribution in [1.82, 2.24) is 15.5 Å². The Morgan fingerprint density at radius 2 is 2.14 bits per heavy atom. The number of carbonyl (C=O) groups is 2. The van der Waals surface area contributed by atoms with Gasteiger partial charge in [-0.25, -0.2) is 4.79 Å². The first-order chi connectivity index (χ1) is 10.7. The molecule has 0 aliphatic carbocycles. The molecule has 0 fully saturated rings. The van der Waals surface area contributed by atoms with Crippen LogP contribution in [0.15, 0.2) is 34.3 Å². The van der Waals surface area contributed by atoms with Crippen LogP contribution in [-0.4, -0.2) is 36.5 Å². The standard InChI is InChI=1S/C15H17N3O3S/c19-14(12-2-1-8-21-12)16-5-6-17-15(20)18-7-3-13-11(10-18)4-9-22-13/h1-2,4,8-9H,3,5-7,10H2,(H,16,19)(H,17,20). The molecule has 2 N–H and O–H groups in total. The van der Waals surface area contributed by atoms with Crippen molar-refractivity contribution in [3.63, 3.8) is 0 Å². The van der Waals surface area contributed by atoms with Gasteiger partial charge in [0, 0.05) is 31.1 Å². The van der Waals surface area contributed by atoms with E-state index in [1.807, 2.05) is 0 Å². The van der Waals surface area contributed by atoms with Gasteiger partial charge in [0.25, 0.3) is 5.91 Å². The van der Waals surface area contributed by atoms with Crippen LogP contribution in [-0.2, 0) is 13.0 Å². The van der Waals surface area contributed by atoms with Crippen molar-refractivity contribution in [2.75, 3.05) is 19.6 Å². The van der Waals surface area contributed by atoms with E-state index in [9.17, 15) is 9.59 Å². The fourth-order valence-electron chi connectivity index (χ4n) is 2.37. The minimum atomic E-state index is -0.278. The SMILES string of the molecule is O=C(NCCNC(=O)N1CCc2sccc2C1)c1ccco1. The molecule has 3 rings (SSSR count). The summed E-state index contributed by atoms with van der Waals surface area (Å²) in [5, 5.41) is 7.58. The molecule has 0 spiro atoms. The Morgan fingerprint density at radius 1 is 1.27 bits per heavy atom. The zero-order valence-corrected chi connectivity index (χ0v) is 12.8. The molecule has 7 heteroatoms. The maximum atomic E-state index is 12.1. The molecule has 116 valence electrons. The smallest absolute Gasteiger partial charge is 0.317 e. The van der Waals surface area contributed by atoms with Gasteiger partial charge in [0.05, 0.1) is 6.26 Å². The summed E-state index contributed by atoms with van der Waals surface area (Å²) in [7, 11) is 0. The third-order valence-corrected chi connectivity index (χ3v) is 4.55. The van der Waals surface area contributed by atoms with Crippen LogP contribution < -0.4 is 10.6 Å². The van der Waals surface area contributed by atoms with E-state index < -0.39 is 0 Å². The van der Waals surface area contributed by atoms with Gasteiger partial charge < -0.3 is 20.0 Å². The van der Waals surface area contributed by atoms with Crippen LogP contribution in [0.25, 0.3) is 0 Å². The van der Waals surface area contributed by atoms with Crippen molar-refractivity contribution < 1.29 is 14.0 Å². The van der Waals surface area contributed by atoms with Crippen LogP contribution in [0.2, 0.25) is 0 Å². The van der Waals surface area contributed by atoms with E-state index in [1.54, 1.807) is 28.4 Å². The summed E-state index contributed by atoms with van der Waals surface area (Å²) in [5.41, 5.74) is 1.23. The average molecular weight is 319 g/mol. The molecule has 22 heavy (non-hydrogen) atoms. The Kier molecular flexibility index (Phi) is 4.43. The van der Waals surface area contributed by atoms with Gasteiger partial charge in [-0.15, -0.1) is 11.3 Å². The van der Waals surface area contributed by atoms with Gasteiger partial charge in [0.15, 0.2) is 5.76 Å². The molecule has 0 unspecified atom stereocenters. The predicted octanol–water partition coefficient (Wildman–Crippen LogP) is 1.84. The van der Waals surface area contributed by atoms with Crippen LogP contribution in [0.4, 0.5) is 4.79 Å². The van der Waals surface area contributed by atoms with Gasteiger partial charge in [-0.1, -0.05) is 0 Å². The second-order valence-corrected chi connectivity index (χ2v) is 6.01. The lowest BCUT2D eigenvalue weighted by atomic mass is 10.1. The van der Waals surface area contributed by atoms with Crippen LogP contribution in [0, 0.1) is 0 Å². The molecule has 2 aromatic heterocycles. The molecule has 3 heterocycles. The van der Waals surface area contributed by atoms with Crippen LogP contribution in [0.1, 0.15) is 21.0 Å². The number of nitrogens with zero attached hydrogens (tertiary/aromatic N) is 1. The topological polar surface area (TPSA) is 74.6 Å². The lowest BCUT2D eigenvalue weighted by molar-refractivity contribution is 0.0926. The second kappa shape index (κ2) is 6.65. The Bertz CT molecular complexity index is 651. The minimum Gasteiger partial charge on any atom is -0.459 e. The Hall–Kier alpha value is -2.28. The van der Waals surface area contributed by atoms with E-state index in [0.29, 0.717) is 19.6 Å². The number of thiophene rings is 1. The third-order valence-electron chi connectivity index (χ3n) is 3.53. The molecule has 0 saturated carbocycles. The molecular weight excluding hydrogens is 302 g/mol. The second-order valence-electron chi connectivity index (χ2n) is 5.01. The number of nitrogens with one attached hydrogen (secondary N) is 2. The number of hydrogen-bond acceptors (Lipinski definition) is 4. The number of urea groups is 1. The Balaban J connectivity index is 1.39. The van der Waals surface area contributed by atoms with E-state index in [2.05, 4.69) is 22.1 Å². The predicted molar refractivity (Wildman–Crippen MR) is 82.9 cm³/mol. The summed E-state index contributed by atoms with van der Waals surface area (Å²) >= 11 is 1.75. The molecule has 0 atom stereocenters. The van der Waals surface area contributed by atoms with Gasteiger partial charge in [0.1, 0.15) is 0 Å². The number of amides is 3. The van der Waals surface area contributed by atoms with Gasteiger partial charge in [-0.2, -0.15) is 0 Å². The van der Waals surface area contributed by atoms with E-state index in [4.69, 9.17) is 4.42 Å². The van der Waals surface area contributed by atoms with E-state index >= 15 is 0 Å². The molecule has 1 aliphatic heterocycles. The van der Waals surface area contributed by atoms with Crippen molar-refractivity contribution in [3.05, 3.63) is 46.0 Å². The number of fused-ring (bicyclic) bond motifs is 1. The summed E-state index contributed by atoms with van der Waals surface area (Å²) in [6.07, 6.45) is 2.36. The van der Waals surface area contributed by atoms with Crippen molar-refractivity contribution in [3.8, 4) is 0 Å². The van der Waals surface area contributed by atoms with Crippen LogP contribution in [0.3, 0.4) is 0 Å². The first-order valence-corrected chi connectivity index (χ1v) is 8.02. The summed E-state index contributed by atoms with van der Waals surface area (Å²) in [5.74, 6) is -0.00696. The zero-order chi connectivity index (χ0) is 15.4. The lowest BCUT2D eigenvalue weighted by Gasteiger charge is -2.27. The summed E-state index contributed by atoms with van der Waals surface area (Å²) < 4.78 is 4.99. The van der Waals surface area contributed by atoms with E-state index in [1.165, 1.54) is 16.7 Å². The summed E-state index contributed by atoms with van der Waals surface area (Å²) in [6, 6.07) is 5.23. The molecule has 0 aromatic carbocycles. The highest BCUT2D eigenvalue weighted by Gasteiger charge is 2.20. The maximum Gasteiger partial charge on any atom is 0.317 e. The van der Waals surface area contributed by atoms with Gasteiger partial charge in [-0.3, -0.25) is 4.79 Å². The molecule has 0 saturated heterocycles. The lowest BCUT2D eigenvalue weighted by Crippen LogP contribution is -2.44. The fraction of sp³-hybridized carbons (Fsp3) is 0.333. The molecule has 6 nitrogen and oxygen atoms in total. The van der Waals surface area contributed by atoms with E-state index in [-0.39, 0.29) is 17.7 Å². The number of rotatable bonds is 4. The summed E-state index contributed by atoms with van der Waals surface area (Å²) in [6.45, 7) is 2.14. The first-order valence-electron chi connectivity index (χ1n) is 7.14. The van der Waals surface area contributed by atoms with Crippen LogP contribution >= 0.6 is 11.3 Å². The normalized spacial score (nSPS) is 13.5. The van der Waals surface area contributed by atoms with Gasteiger partial charge >= 0.3 is 6.03 Å². The monoisotopic (exact) mass is 319 g/mol.